The smallest absolute Gasteiger partial charge is 0.128 e. The van der Waals surface area contributed by atoms with E-state index in [0.29, 0.717) is 26.2 Å². The molecule has 0 aliphatic carbocycles. The van der Waals surface area contributed by atoms with Crippen LogP contribution in [-0.2, 0) is 11.1 Å². The van der Waals surface area contributed by atoms with Crippen LogP contribution >= 0.6 is 0 Å². The molecule has 6 unspecified atom stereocenters. The van der Waals surface area contributed by atoms with Gasteiger partial charge in [-0.1, -0.05) is 48.6 Å². The molecule has 8 heteroatoms. The van der Waals surface area contributed by atoms with E-state index in [2.05, 4.69) is 13.2 Å². The van der Waals surface area contributed by atoms with Crippen molar-refractivity contribution in [3.8, 4) is 0 Å². The molecule has 2 fully saturated rings. The number of benzene rings is 2. The van der Waals surface area contributed by atoms with Crippen molar-refractivity contribution in [1.29, 1.82) is 0 Å². The minimum atomic E-state index is -1.34. The van der Waals surface area contributed by atoms with Crippen molar-refractivity contribution in [2.75, 3.05) is 39.3 Å². The molecule has 2 heterocycles. The molecule has 6 nitrogen and oxygen atoms in total. The van der Waals surface area contributed by atoms with E-state index in [1.165, 1.54) is 12.1 Å². The second-order valence-corrected chi connectivity index (χ2v) is 10.2. The highest BCUT2D eigenvalue weighted by atomic mass is 19.1. The molecule has 0 spiro atoms. The zero-order chi connectivity index (χ0) is 26.1. The number of halogens is 2. The Morgan fingerprint density at radius 3 is 1.50 bits per heavy atom. The summed E-state index contributed by atoms with van der Waals surface area (Å²) in [5, 5.41) is 23.2. The number of hydrogen-bond acceptors (Lipinski definition) is 6. The summed E-state index contributed by atoms with van der Waals surface area (Å²) in [5.74, 6) is -2.35. The van der Waals surface area contributed by atoms with E-state index in [0.717, 1.165) is 0 Å². The number of nitrogens with two attached hydrogens (primary N) is 2. The van der Waals surface area contributed by atoms with Crippen LogP contribution in [0.5, 0.6) is 0 Å². The first-order valence-corrected chi connectivity index (χ1v) is 12.3. The maximum atomic E-state index is 14.9. The van der Waals surface area contributed by atoms with Gasteiger partial charge >= 0.3 is 0 Å². The van der Waals surface area contributed by atoms with Crippen molar-refractivity contribution in [3.05, 3.63) is 96.6 Å². The predicted molar refractivity (Wildman–Crippen MR) is 137 cm³/mol. The van der Waals surface area contributed by atoms with Crippen LogP contribution in [0.15, 0.2) is 73.8 Å². The summed E-state index contributed by atoms with van der Waals surface area (Å²) < 4.78 is 29.8. The van der Waals surface area contributed by atoms with E-state index in [-0.39, 0.29) is 24.2 Å². The standard InChI is InChI=1S/C28H36F2N4O2/c1-3-13-33-15-21(27(31,17-33)19-9-5-7-11-23(19)29)25(35)26(36)22-16-34(14-4-2)18-28(22,32)20-10-6-8-12-24(20)30/h3-12,21-22,25-26,35-36H,1-2,13-18,31-32H2. The molecule has 0 aromatic heterocycles. The first-order valence-electron chi connectivity index (χ1n) is 12.3. The van der Waals surface area contributed by atoms with Gasteiger partial charge in [0.25, 0.3) is 0 Å². The van der Waals surface area contributed by atoms with Gasteiger partial charge in [0.15, 0.2) is 0 Å². The molecule has 6 atom stereocenters. The summed E-state index contributed by atoms with van der Waals surface area (Å²) in [5.41, 5.74) is 11.8. The molecule has 194 valence electrons. The largest absolute Gasteiger partial charge is 0.390 e. The highest BCUT2D eigenvalue weighted by molar-refractivity contribution is 5.32. The molecule has 2 aromatic carbocycles. The van der Waals surface area contributed by atoms with Gasteiger partial charge in [0.05, 0.1) is 23.3 Å². The summed E-state index contributed by atoms with van der Waals surface area (Å²) in [4.78, 5) is 3.95. The summed E-state index contributed by atoms with van der Waals surface area (Å²) >= 11 is 0. The molecule has 0 amide bonds. The van der Waals surface area contributed by atoms with Crippen LogP contribution in [0, 0.1) is 23.5 Å². The Kier molecular flexibility index (Phi) is 7.75. The van der Waals surface area contributed by atoms with E-state index in [4.69, 9.17) is 11.5 Å². The zero-order valence-corrected chi connectivity index (χ0v) is 20.4. The Hall–Kier alpha value is -2.46. The Bertz CT molecular complexity index is 1020. The lowest BCUT2D eigenvalue weighted by Crippen LogP contribution is -2.57. The highest BCUT2D eigenvalue weighted by Crippen LogP contribution is 2.43. The van der Waals surface area contributed by atoms with Gasteiger partial charge in [-0.3, -0.25) is 9.80 Å². The van der Waals surface area contributed by atoms with Crippen molar-refractivity contribution in [1.82, 2.24) is 9.80 Å². The van der Waals surface area contributed by atoms with E-state index in [1.54, 1.807) is 48.6 Å². The number of hydrogen-bond donors (Lipinski definition) is 4. The van der Waals surface area contributed by atoms with Crippen LogP contribution in [0.1, 0.15) is 11.1 Å². The normalized spacial score (nSPS) is 30.8. The Morgan fingerprint density at radius 2 is 1.17 bits per heavy atom. The fraction of sp³-hybridized carbons (Fsp3) is 0.429. The number of aliphatic hydroxyl groups excluding tert-OH is 2. The number of aliphatic hydroxyl groups is 2. The maximum Gasteiger partial charge on any atom is 0.128 e. The van der Waals surface area contributed by atoms with Crippen molar-refractivity contribution in [3.63, 3.8) is 0 Å². The molecule has 4 rings (SSSR count). The summed E-state index contributed by atoms with van der Waals surface area (Å²) in [6, 6.07) is 12.5. The average Bonchev–Trinajstić information content (AvgIpc) is 3.36. The minimum Gasteiger partial charge on any atom is -0.390 e. The molecule has 2 aromatic rings. The minimum absolute atomic E-state index is 0.278. The van der Waals surface area contributed by atoms with Gasteiger partial charge in [0, 0.05) is 62.2 Å². The molecule has 2 saturated heterocycles. The van der Waals surface area contributed by atoms with Crippen molar-refractivity contribution >= 4 is 0 Å². The molecule has 2 aliphatic rings. The monoisotopic (exact) mass is 498 g/mol. The van der Waals surface area contributed by atoms with Crippen molar-refractivity contribution in [2.24, 2.45) is 23.3 Å². The first-order chi connectivity index (χ1) is 17.2. The molecular weight excluding hydrogens is 462 g/mol. The lowest BCUT2D eigenvalue weighted by Gasteiger charge is -2.41. The summed E-state index contributed by atoms with van der Waals surface area (Å²) in [6.45, 7) is 9.78. The SMILES string of the molecule is C=CCN1CC(C(O)C(O)C2CN(CC=C)CC2(N)c2ccccc2F)C(N)(c2ccccc2F)C1. The third-order valence-corrected chi connectivity index (χ3v) is 7.90. The first kappa shape index (κ1) is 26.6. The topological polar surface area (TPSA) is 99.0 Å². The Balaban J connectivity index is 1.71. The third-order valence-electron chi connectivity index (χ3n) is 7.90. The van der Waals surface area contributed by atoms with E-state index < -0.39 is 46.8 Å². The maximum absolute atomic E-state index is 14.9. The average molecular weight is 499 g/mol. The molecule has 0 radical (unpaired) electrons. The van der Waals surface area contributed by atoms with Crippen molar-refractivity contribution < 1.29 is 19.0 Å². The van der Waals surface area contributed by atoms with Crippen LogP contribution in [0.4, 0.5) is 8.78 Å². The molecule has 36 heavy (non-hydrogen) atoms. The zero-order valence-electron chi connectivity index (χ0n) is 20.4. The molecule has 2 aliphatic heterocycles. The quantitative estimate of drug-likeness (QED) is 0.395. The predicted octanol–water partition coefficient (Wildman–Crippen LogP) is 1.93. The second-order valence-electron chi connectivity index (χ2n) is 10.2. The van der Waals surface area contributed by atoms with Gasteiger partial charge in [-0.05, 0) is 12.1 Å². The van der Waals surface area contributed by atoms with Gasteiger partial charge in [-0.2, -0.15) is 0 Å². The molecule has 6 N–H and O–H groups in total. The van der Waals surface area contributed by atoms with Crippen LogP contribution in [0.3, 0.4) is 0 Å². The fourth-order valence-electron chi connectivity index (χ4n) is 6.18. The Morgan fingerprint density at radius 1 is 0.806 bits per heavy atom. The number of nitrogens with zero attached hydrogens (tertiary/aromatic N) is 2. The van der Waals surface area contributed by atoms with Gasteiger partial charge in [-0.15, -0.1) is 13.2 Å². The lowest BCUT2D eigenvalue weighted by atomic mass is 9.71. The highest BCUT2D eigenvalue weighted by Gasteiger charge is 2.56. The lowest BCUT2D eigenvalue weighted by molar-refractivity contribution is -0.0673. The van der Waals surface area contributed by atoms with Crippen LogP contribution in [0.25, 0.3) is 0 Å². The summed E-state index contributed by atoms with van der Waals surface area (Å²) in [7, 11) is 0. The third kappa shape index (κ3) is 4.65. The Labute approximate surface area is 211 Å². The van der Waals surface area contributed by atoms with Gasteiger partial charge in [0.2, 0.25) is 0 Å². The van der Waals surface area contributed by atoms with Crippen LogP contribution < -0.4 is 11.5 Å². The number of likely N-dealkylation sites (tertiary alicyclic amines) is 2. The van der Waals surface area contributed by atoms with E-state index >= 15 is 0 Å². The molecule has 0 saturated carbocycles. The number of rotatable bonds is 9. The van der Waals surface area contributed by atoms with E-state index in [9.17, 15) is 19.0 Å². The summed E-state index contributed by atoms with van der Waals surface area (Å²) in [6.07, 6.45) is 0.765. The van der Waals surface area contributed by atoms with Gasteiger partial charge in [0.1, 0.15) is 11.6 Å². The van der Waals surface area contributed by atoms with E-state index in [1.807, 2.05) is 9.80 Å². The van der Waals surface area contributed by atoms with Crippen LogP contribution in [0.2, 0.25) is 0 Å². The molecular formula is C28H36F2N4O2. The van der Waals surface area contributed by atoms with Gasteiger partial charge < -0.3 is 21.7 Å². The van der Waals surface area contributed by atoms with Crippen molar-refractivity contribution in [2.45, 2.75) is 23.3 Å². The van der Waals surface area contributed by atoms with Gasteiger partial charge in [-0.25, -0.2) is 8.78 Å². The fourth-order valence-corrected chi connectivity index (χ4v) is 6.18. The van der Waals surface area contributed by atoms with Crippen LogP contribution in [-0.4, -0.2) is 71.5 Å². The molecule has 0 bridgehead atoms. The second kappa shape index (κ2) is 10.5.